The lowest BCUT2D eigenvalue weighted by Crippen LogP contribution is -2.13. The molecule has 0 aliphatic heterocycles. The normalized spacial score (nSPS) is 11.3. The number of rotatable bonds is 6. The van der Waals surface area contributed by atoms with Crippen molar-refractivity contribution >= 4 is 50.6 Å². The standard InChI is InChI=1S/C16H13Cl3O4S/c17-12-2-4-13(5-3-12)24(21,22)8-7-16(20)23-10-11-1-6-14(18)15(19)9-11/h1-6,9H,7-8,10H2. The van der Waals surface area contributed by atoms with Gasteiger partial charge < -0.3 is 4.74 Å². The largest absolute Gasteiger partial charge is 0.461 e. The molecule has 0 fully saturated rings. The molecule has 0 amide bonds. The van der Waals surface area contributed by atoms with Gasteiger partial charge in [-0.3, -0.25) is 4.79 Å². The summed E-state index contributed by atoms with van der Waals surface area (Å²) in [5.74, 6) is -0.951. The average molecular weight is 408 g/mol. The van der Waals surface area contributed by atoms with Crippen LogP contribution in [0.3, 0.4) is 0 Å². The van der Waals surface area contributed by atoms with E-state index in [2.05, 4.69) is 0 Å². The highest BCUT2D eigenvalue weighted by Crippen LogP contribution is 2.23. The monoisotopic (exact) mass is 406 g/mol. The number of halogens is 3. The van der Waals surface area contributed by atoms with Crippen LogP contribution in [0.5, 0.6) is 0 Å². The van der Waals surface area contributed by atoms with Crippen LogP contribution in [0.15, 0.2) is 47.4 Å². The van der Waals surface area contributed by atoms with E-state index in [1.165, 1.54) is 24.3 Å². The molecule has 2 aromatic carbocycles. The van der Waals surface area contributed by atoms with Crippen molar-refractivity contribution in [3.8, 4) is 0 Å². The van der Waals surface area contributed by atoms with Crippen molar-refractivity contribution in [1.29, 1.82) is 0 Å². The molecule has 0 aliphatic rings. The Morgan fingerprint density at radius 1 is 0.958 bits per heavy atom. The van der Waals surface area contributed by atoms with Crippen LogP contribution in [0.1, 0.15) is 12.0 Å². The van der Waals surface area contributed by atoms with Gasteiger partial charge in [0.15, 0.2) is 9.84 Å². The Labute approximate surface area is 155 Å². The van der Waals surface area contributed by atoms with E-state index in [0.29, 0.717) is 20.6 Å². The van der Waals surface area contributed by atoms with Crippen molar-refractivity contribution in [3.63, 3.8) is 0 Å². The molecule has 2 rings (SSSR count). The molecule has 0 aromatic heterocycles. The zero-order valence-corrected chi connectivity index (χ0v) is 15.4. The maximum atomic E-state index is 12.1. The van der Waals surface area contributed by atoms with Gasteiger partial charge in [0.2, 0.25) is 0 Å². The van der Waals surface area contributed by atoms with E-state index in [9.17, 15) is 13.2 Å². The fourth-order valence-corrected chi connectivity index (χ4v) is 3.51. The van der Waals surface area contributed by atoms with Gasteiger partial charge in [-0.05, 0) is 42.0 Å². The average Bonchev–Trinajstić information content (AvgIpc) is 2.54. The van der Waals surface area contributed by atoms with Crippen molar-refractivity contribution in [2.24, 2.45) is 0 Å². The van der Waals surface area contributed by atoms with E-state index in [-0.39, 0.29) is 23.7 Å². The van der Waals surface area contributed by atoms with E-state index in [4.69, 9.17) is 39.5 Å². The molecule has 0 saturated carbocycles. The van der Waals surface area contributed by atoms with Gasteiger partial charge in [0.25, 0.3) is 0 Å². The highest BCUT2D eigenvalue weighted by atomic mass is 35.5. The Kier molecular flexibility index (Phi) is 6.52. The van der Waals surface area contributed by atoms with E-state index >= 15 is 0 Å². The van der Waals surface area contributed by atoms with Gasteiger partial charge in [0, 0.05) is 5.02 Å². The summed E-state index contributed by atoms with van der Waals surface area (Å²) in [6.07, 6.45) is -0.244. The first-order valence-corrected chi connectivity index (χ1v) is 9.64. The lowest BCUT2D eigenvalue weighted by Gasteiger charge is -2.07. The van der Waals surface area contributed by atoms with Gasteiger partial charge in [-0.1, -0.05) is 40.9 Å². The first-order valence-electron chi connectivity index (χ1n) is 6.86. The number of carbonyl (C=O) groups is 1. The summed E-state index contributed by atoms with van der Waals surface area (Å²) in [6.45, 7) is -0.00326. The second-order valence-electron chi connectivity index (χ2n) is 4.93. The van der Waals surface area contributed by atoms with Crippen molar-refractivity contribution < 1.29 is 17.9 Å². The van der Waals surface area contributed by atoms with Crippen molar-refractivity contribution in [2.75, 3.05) is 5.75 Å². The zero-order chi connectivity index (χ0) is 17.7. The third-order valence-corrected chi connectivity index (χ3v) is 5.85. The summed E-state index contributed by atoms with van der Waals surface area (Å²) in [5.41, 5.74) is 0.665. The van der Waals surface area contributed by atoms with Gasteiger partial charge in [0.05, 0.1) is 27.1 Å². The van der Waals surface area contributed by atoms with E-state index in [0.717, 1.165) is 0 Å². The number of carbonyl (C=O) groups excluding carboxylic acids is 1. The lowest BCUT2D eigenvalue weighted by molar-refractivity contribution is -0.144. The minimum Gasteiger partial charge on any atom is -0.461 e. The van der Waals surface area contributed by atoms with E-state index in [1.54, 1.807) is 18.2 Å². The predicted molar refractivity (Wildman–Crippen MR) is 94.4 cm³/mol. The molecule has 0 heterocycles. The van der Waals surface area contributed by atoms with Gasteiger partial charge >= 0.3 is 5.97 Å². The van der Waals surface area contributed by atoms with Gasteiger partial charge in [-0.25, -0.2) is 8.42 Å². The second kappa shape index (κ2) is 8.21. The number of sulfone groups is 1. The van der Waals surface area contributed by atoms with Crippen molar-refractivity contribution in [2.45, 2.75) is 17.9 Å². The molecular weight excluding hydrogens is 395 g/mol. The minimum atomic E-state index is -3.57. The Balaban J connectivity index is 1.88. The van der Waals surface area contributed by atoms with E-state index in [1.807, 2.05) is 0 Å². The Bertz CT molecular complexity index is 833. The molecular formula is C16H13Cl3O4S. The molecule has 4 nitrogen and oxygen atoms in total. The molecule has 24 heavy (non-hydrogen) atoms. The number of esters is 1. The first-order chi connectivity index (χ1) is 11.3. The van der Waals surface area contributed by atoms with Crippen LogP contribution >= 0.6 is 34.8 Å². The molecule has 0 spiro atoms. The van der Waals surface area contributed by atoms with Crippen LogP contribution in [0.25, 0.3) is 0 Å². The molecule has 0 aliphatic carbocycles. The quantitative estimate of drug-likeness (QED) is 0.659. The highest BCUT2D eigenvalue weighted by Gasteiger charge is 2.17. The molecule has 2 aromatic rings. The number of hydrogen-bond acceptors (Lipinski definition) is 4. The van der Waals surface area contributed by atoms with Crippen LogP contribution in [-0.4, -0.2) is 20.1 Å². The Morgan fingerprint density at radius 2 is 1.62 bits per heavy atom. The second-order valence-corrected chi connectivity index (χ2v) is 8.29. The molecule has 0 N–H and O–H groups in total. The summed E-state index contributed by atoms with van der Waals surface area (Å²) in [4.78, 5) is 11.8. The fraction of sp³-hybridized carbons (Fsp3) is 0.188. The van der Waals surface area contributed by atoms with Gasteiger partial charge in [-0.15, -0.1) is 0 Å². The topological polar surface area (TPSA) is 60.4 Å². The first kappa shape index (κ1) is 19.1. The maximum Gasteiger partial charge on any atom is 0.307 e. The predicted octanol–water partition coefficient (Wildman–Crippen LogP) is 4.55. The van der Waals surface area contributed by atoms with E-state index < -0.39 is 15.8 Å². The maximum absolute atomic E-state index is 12.1. The lowest BCUT2D eigenvalue weighted by atomic mass is 10.2. The third kappa shape index (κ3) is 5.38. The summed E-state index contributed by atoms with van der Waals surface area (Å²) < 4.78 is 29.3. The van der Waals surface area contributed by atoms with Gasteiger partial charge in [0.1, 0.15) is 6.61 Å². The molecule has 0 atom stereocenters. The Morgan fingerprint density at radius 3 is 2.25 bits per heavy atom. The minimum absolute atomic E-state index is 0.00326. The summed E-state index contributed by atoms with van der Waals surface area (Å²) in [7, 11) is -3.57. The van der Waals surface area contributed by atoms with Crippen LogP contribution < -0.4 is 0 Å². The van der Waals surface area contributed by atoms with Crippen LogP contribution in [-0.2, 0) is 26.0 Å². The Hall–Kier alpha value is -1.27. The summed E-state index contributed by atoms with van der Waals surface area (Å²) in [6, 6.07) is 10.6. The number of ether oxygens (including phenoxy) is 1. The summed E-state index contributed by atoms with van der Waals surface area (Å²) in [5, 5.41) is 1.20. The van der Waals surface area contributed by atoms with Crippen molar-refractivity contribution in [3.05, 3.63) is 63.1 Å². The molecule has 0 saturated heterocycles. The van der Waals surface area contributed by atoms with Crippen LogP contribution in [0.4, 0.5) is 0 Å². The fourth-order valence-electron chi connectivity index (χ4n) is 1.84. The zero-order valence-electron chi connectivity index (χ0n) is 12.3. The molecule has 0 radical (unpaired) electrons. The van der Waals surface area contributed by atoms with Gasteiger partial charge in [-0.2, -0.15) is 0 Å². The number of hydrogen-bond donors (Lipinski definition) is 0. The van der Waals surface area contributed by atoms with Crippen LogP contribution in [0, 0.1) is 0 Å². The third-order valence-electron chi connectivity index (χ3n) is 3.13. The highest BCUT2D eigenvalue weighted by molar-refractivity contribution is 7.91. The SMILES string of the molecule is O=C(CCS(=O)(=O)c1ccc(Cl)cc1)OCc1ccc(Cl)c(Cl)c1. The smallest absolute Gasteiger partial charge is 0.307 e. The molecule has 0 bridgehead atoms. The molecule has 8 heteroatoms. The number of benzene rings is 2. The molecule has 128 valence electrons. The van der Waals surface area contributed by atoms with Crippen molar-refractivity contribution in [1.82, 2.24) is 0 Å². The summed E-state index contributed by atoms with van der Waals surface area (Å²) >= 11 is 17.4. The van der Waals surface area contributed by atoms with Crippen LogP contribution in [0.2, 0.25) is 15.1 Å². The molecule has 0 unspecified atom stereocenters.